The second-order valence-electron chi connectivity index (χ2n) is 10.3. The Morgan fingerprint density at radius 2 is 1.83 bits per heavy atom. The van der Waals surface area contributed by atoms with E-state index in [1.54, 1.807) is 6.07 Å². The molecule has 0 fully saturated rings. The molecule has 3 atom stereocenters. The lowest BCUT2D eigenvalue weighted by atomic mass is 9.73. The molecule has 0 spiro atoms. The van der Waals surface area contributed by atoms with E-state index < -0.39 is 12.1 Å². The Morgan fingerprint density at radius 1 is 1.14 bits per heavy atom. The van der Waals surface area contributed by atoms with E-state index >= 15 is 0 Å². The molecule has 0 radical (unpaired) electrons. The number of phenols is 2. The molecule has 3 N–H and O–H groups in total. The first-order valence-corrected chi connectivity index (χ1v) is 13.5. The van der Waals surface area contributed by atoms with Gasteiger partial charge in [-0.1, -0.05) is 76.2 Å². The van der Waals surface area contributed by atoms with Gasteiger partial charge in [0.25, 0.3) is 0 Å². The lowest BCUT2D eigenvalue weighted by Crippen LogP contribution is -2.21. The van der Waals surface area contributed by atoms with Gasteiger partial charge in [0.2, 0.25) is 0 Å². The summed E-state index contributed by atoms with van der Waals surface area (Å²) in [7, 11) is 0. The zero-order chi connectivity index (χ0) is 26.0. The molecule has 1 aromatic carbocycles. The molecule has 0 heterocycles. The molecule has 5 heteroatoms. The van der Waals surface area contributed by atoms with Crippen molar-refractivity contribution < 1.29 is 24.9 Å². The van der Waals surface area contributed by atoms with Gasteiger partial charge >= 0.3 is 5.97 Å². The van der Waals surface area contributed by atoms with Crippen molar-refractivity contribution in [1.29, 1.82) is 0 Å². The number of aliphatic hydroxyl groups excluding tert-OH is 1. The highest BCUT2D eigenvalue weighted by Gasteiger charge is 2.33. The third-order valence-corrected chi connectivity index (χ3v) is 7.17. The summed E-state index contributed by atoms with van der Waals surface area (Å²) in [5, 5.41) is 32.7. The second kappa shape index (κ2) is 14.3. The van der Waals surface area contributed by atoms with Crippen LogP contribution in [0.25, 0.3) is 0 Å². The van der Waals surface area contributed by atoms with Crippen LogP contribution in [0.1, 0.15) is 119 Å². The van der Waals surface area contributed by atoms with Crippen molar-refractivity contribution >= 4 is 5.97 Å². The molecule has 2 rings (SSSR count). The van der Waals surface area contributed by atoms with Crippen LogP contribution in [-0.4, -0.2) is 34.0 Å². The Morgan fingerprint density at radius 3 is 2.49 bits per heavy atom. The number of unbranched alkanes of at least 4 members (excludes halogenated alkanes) is 5. The number of aliphatic hydroxyl groups is 1. The number of carbonyl (C=O) groups excluding carboxylic acids is 1. The molecular weight excluding hydrogens is 440 g/mol. The number of hydrogen-bond donors (Lipinski definition) is 3. The van der Waals surface area contributed by atoms with Crippen LogP contribution in [-0.2, 0) is 11.2 Å². The van der Waals surface area contributed by atoms with E-state index in [1.807, 2.05) is 13.8 Å². The highest BCUT2D eigenvalue weighted by atomic mass is 16.5. The average molecular weight is 487 g/mol. The number of benzene rings is 1. The van der Waals surface area contributed by atoms with Crippen molar-refractivity contribution in [1.82, 2.24) is 0 Å². The molecule has 1 aromatic rings. The highest BCUT2D eigenvalue weighted by Crippen LogP contribution is 2.48. The van der Waals surface area contributed by atoms with Gasteiger partial charge < -0.3 is 20.1 Å². The third-order valence-electron chi connectivity index (χ3n) is 7.17. The molecule has 0 saturated heterocycles. The number of carbonyl (C=O) groups is 1. The van der Waals surface area contributed by atoms with E-state index in [9.17, 15) is 20.1 Å². The van der Waals surface area contributed by atoms with E-state index in [0.717, 1.165) is 63.4 Å². The summed E-state index contributed by atoms with van der Waals surface area (Å²) in [6.07, 6.45) is 11.3. The van der Waals surface area contributed by atoms with Crippen LogP contribution in [0.15, 0.2) is 29.9 Å². The fourth-order valence-electron chi connectivity index (χ4n) is 5.08. The Balaban J connectivity index is 2.37. The largest absolute Gasteiger partial charge is 0.507 e. The maximum absolute atomic E-state index is 13.2. The van der Waals surface area contributed by atoms with Crippen molar-refractivity contribution in [3.63, 3.8) is 0 Å². The van der Waals surface area contributed by atoms with Crippen LogP contribution in [0, 0.1) is 5.92 Å². The molecule has 0 amide bonds. The minimum atomic E-state index is -0.727. The summed E-state index contributed by atoms with van der Waals surface area (Å²) in [6.45, 7) is 12.3. The summed E-state index contributed by atoms with van der Waals surface area (Å²) in [5.74, 6) is -1.05. The SMILES string of the molecule is C=C(C)[C@@H]1CCC(C)=C[C@H]1c1c(O)cc(CCCCC)c(C(=O)OCC(O)CCCCCC)c1O. The Labute approximate surface area is 211 Å². The number of ether oxygens (including phenoxy) is 1. The van der Waals surface area contributed by atoms with Crippen LogP contribution in [0.3, 0.4) is 0 Å². The number of allylic oxidation sites excluding steroid dienone is 3. The molecule has 5 nitrogen and oxygen atoms in total. The number of hydrogen-bond acceptors (Lipinski definition) is 5. The first kappa shape index (κ1) is 29.0. The molecule has 196 valence electrons. The monoisotopic (exact) mass is 486 g/mol. The molecular formula is C30H46O5. The predicted molar refractivity (Wildman–Crippen MR) is 142 cm³/mol. The van der Waals surface area contributed by atoms with Crippen molar-refractivity contribution in [3.05, 3.63) is 46.6 Å². The second-order valence-corrected chi connectivity index (χ2v) is 10.3. The van der Waals surface area contributed by atoms with Gasteiger partial charge in [0, 0.05) is 11.5 Å². The number of phenolic OH excluding ortho intramolecular Hbond substituents is 2. The first-order valence-electron chi connectivity index (χ1n) is 13.5. The first-order chi connectivity index (χ1) is 16.7. The standard InChI is InChI=1S/C30H46O5/c1-6-8-10-12-14-23(31)19-35-30(34)27-22(13-11-9-7-2)18-26(32)28(29(27)33)25-17-21(5)15-16-24(25)20(3)4/h17-18,23-25,31-33H,3,6-16,19H2,1-2,4-5H3/t23?,24-,25+/m0/s1. The smallest absolute Gasteiger partial charge is 0.342 e. The normalized spacial score (nSPS) is 18.7. The summed E-state index contributed by atoms with van der Waals surface area (Å²) >= 11 is 0. The molecule has 1 aliphatic carbocycles. The van der Waals surface area contributed by atoms with E-state index in [4.69, 9.17) is 4.74 Å². The molecule has 0 saturated carbocycles. The molecule has 0 aromatic heterocycles. The topological polar surface area (TPSA) is 87.0 Å². The van der Waals surface area contributed by atoms with Gasteiger partial charge in [-0.15, -0.1) is 0 Å². The van der Waals surface area contributed by atoms with Crippen molar-refractivity contribution in [3.8, 4) is 11.5 Å². The maximum atomic E-state index is 13.2. The number of aryl methyl sites for hydroxylation is 1. The van der Waals surface area contributed by atoms with Crippen molar-refractivity contribution in [2.75, 3.05) is 6.61 Å². The highest BCUT2D eigenvalue weighted by molar-refractivity contribution is 5.95. The molecule has 35 heavy (non-hydrogen) atoms. The number of rotatable bonds is 14. The molecule has 1 unspecified atom stereocenters. The van der Waals surface area contributed by atoms with Crippen molar-refractivity contribution in [2.24, 2.45) is 5.92 Å². The van der Waals surface area contributed by atoms with E-state index in [-0.39, 0.29) is 35.5 Å². The zero-order valence-electron chi connectivity index (χ0n) is 22.2. The lowest BCUT2D eigenvalue weighted by molar-refractivity contribution is 0.0228. The maximum Gasteiger partial charge on any atom is 0.342 e. The minimum absolute atomic E-state index is 0.00343. The quantitative estimate of drug-likeness (QED) is 0.145. The Bertz CT molecular complexity index is 885. The van der Waals surface area contributed by atoms with Crippen LogP contribution in [0.5, 0.6) is 11.5 Å². The zero-order valence-corrected chi connectivity index (χ0v) is 22.2. The Hall–Kier alpha value is -2.27. The van der Waals surface area contributed by atoms with Gasteiger partial charge in [0.1, 0.15) is 23.7 Å². The van der Waals surface area contributed by atoms with E-state index in [0.29, 0.717) is 24.0 Å². The fraction of sp³-hybridized carbons (Fsp3) is 0.633. The van der Waals surface area contributed by atoms with Crippen LogP contribution >= 0.6 is 0 Å². The number of esters is 1. The Kier molecular flexibility index (Phi) is 11.9. The van der Waals surface area contributed by atoms with Gasteiger partial charge in [-0.25, -0.2) is 4.79 Å². The van der Waals surface area contributed by atoms with Gasteiger partial charge in [-0.05, 0) is 63.5 Å². The van der Waals surface area contributed by atoms with Gasteiger partial charge in [0.05, 0.1) is 6.10 Å². The molecule has 1 aliphatic rings. The van der Waals surface area contributed by atoms with Gasteiger partial charge in [0.15, 0.2) is 0 Å². The van der Waals surface area contributed by atoms with Crippen LogP contribution < -0.4 is 0 Å². The number of aromatic hydroxyl groups is 2. The summed E-state index contributed by atoms with van der Waals surface area (Å²) in [6, 6.07) is 1.62. The van der Waals surface area contributed by atoms with Crippen LogP contribution in [0.4, 0.5) is 0 Å². The van der Waals surface area contributed by atoms with E-state index in [2.05, 4.69) is 26.5 Å². The van der Waals surface area contributed by atoms with Crippen molar-refractivity contribution in [2.45, 2.75) is 110 Å². The summed E-state index contributed by atoms with van der Waals surface area (Å²) < 4.78 is 5.49. The van der Waals surface area contributed by atoms with E-state index in [1.165, 1.54) is 5.57 Å². The predicted octanol–water partition coefficient (Wildman–Crippen LogP) is 7.33. The third kappa shape index (κ3) is 8.13. The summed E-state index contributed by atoms with van der Waals surface area (Å²) in [5.41, 5.74) is 3.24. The lowest BCUT2D eigenvalue weighted by Gasteiger charge is -2.32. The summed E-state index contributed by atoms with van der Waals surface area (Å²) in [4.78, 5) is 13.2. The fourth-order valence-corrected chi connectivity index (χ4v) is 5.08. The molecule has 0 bridgehead atoms. The average Bonchev–Trinajstić information content (AvgIpc) is 2.80. The minimum Gasteiger partial charge on any atom is -0.507 e. The van der Waals surface area contributed by atoms with Gasteiger partial charge in [-0.2, -0.15) is 0 Å². The van der Waals surface area contributed by atoms with Gasteiger partial charge in [-0.3, -0.25) is 0 Å². The molecule has 0 aliphatic heterocycles. The van der Waals surface area contributed by atoms with Crippen LogP contribution in [0.2, 0.25) is 0 Å².